The smallest absolute Gasteiger partial charge is 0.233 e. The fourth-order valence-corrected chi connectivity index (χ4v) is 4.83. The first-order valence-corrected chi connectivity index (χ1v) is 12.0. The number of benzene rings is 2. The van der Waals surface area contributed by atoms with Crippen LogP contribution < -0.4 is 5.32 Å². The highest BCUT2D eigenvalue weighted by molar-refractivity contribution is 7.99. The third-order valence-electron chi connectivity index (χ3n) is 5.63. The highest BCUT2D eigenvalue weighted by Gasteiger charge is 2.22. The fourth-order valence-electron chi connectivity index (χ4n) is 3.65. The molecule has 0 aromatic heterocycles. The molecule has 5 heteroatoms. The summed E-state index contributed by atoms with van der Waals surface area (Å²) >= 11 is 1.73. The molecule has 0 bridgehead atoms. The molecule has 3 rings (SSSR count). The molecule has 1 amide bonds. The van der Waals surface area contributed by atoms with Crippen molar-refractivity contribution in [3.05, 3.63) is 71.3 Å². The fraction of sp³-hybridized carbons (Fsp3) is 0.480. The first-order valence-electron chi connectivity index (χ1n) is 10.9. The maximum atomic E-state index is 12.8. The summed E-state index contributed by atoms with van der Waals surface area (Å²) in [6.45, 7) is 10.4. The van der Waals surface area contributed by atoms with Gasteiger partial charge in [-0.2, -0.15) is 0 Å². The number of hydrogen-bond acceptors (Lipinski definition) is 4. The molecule has 1 unspecified atom stereocenters. The molecule has 1 atom stereocenters. The number of piperazine rings is 1. The number of carbonyl (C=O) groups excluding carboxylic acids is 1. The van der Waals surface area contributed by atoms with Gasteiger partial charge in [0.05, 0.1) is 5.25 Å². The van der Waals surface area contributed by atoms with Gasteiger partial charge in [0.1, 0.15) is 0 Å². The first-order chi connectivity index (χ1) is 14.5. The molecule has 0 radical (unpaired) electrons. The van der Waals surface area contributed by atoms with Crippen molar-refractivity contribution in [3.8, 4) is 0 Å². The number of amides is 1. The van der Waals surface area contributed by atoms with Crippen LogP contribution in [0.5, 0.6) is 0 Å². The van der Waals surface area contributed by atoms with Crippen LogP contribution >= 0.6 is 11.8 Å². The minimum atomic E-state index is -0.0401. The Morgan fingerprint density at radius 2 is 1.57 bits per heavy atom. The molecule has 1 aliphatic heterocycles. The van der Waals surface area contributed by atoms with E-state index in [4.69, 9.17) is 0 Å². The van der Waals surface area contributed by atoms with Crippen LogP contribution in [0, 0.1) is 5.92 Å². The van der Waals surface area contributed by atoms with Crippen LogP contribution in [0.15, 0.2) is 54.6 Å². The van der Waals surface area contributed by atoms with E-state index in [2.05, 4.69) is 72.4 Å². The van der Waals surface area contributed by atoms with E-state index in [9.17, 15) is 4.79 Å². The summed E-state index contributed by atoms with van der Waals surface area (Å²) in [6, 6.07) is 19.0. The van der Waals surface area contributed by atoms with Crippen molar-refractivity contribution in [3.63, 3.8) is 0 Å². The van der Waals surface area contributed by atoms with E-state index in [-0.39, 0.29) is 11.2 Å². The predicted molar refractivity (Wildman–Crippen MR) is 127 cm³/mol. The monoisotopic (exact) mass is 425 g/mol. The van der Waals surface area contributed by atoms with Gasteiger partial charge in [0.2, 0.25) is 5.91 Å². The summed E-state index contributed by atoms with van der Waals surface area (Å²) in [7, 11) is 2.18. The molecule has 1 N–H and O–H groups in total. The number of nitrogens with one attached hydrogen (secondary N) is 1. The largest absolute Gasteiger partial charge is 0.351 e. The molecule has 1 aliphatic rings. The number of nitrogens with zero attached hydrogens (tertiary/aromatic N) is 2. The average molecular weight is 426 g/mol. The van der Waals surface area contributed by atoms with E-state index in [1.807, 2.05) is 18.2 Å². The van der Waals surface area contributed by atoms with E-state index in [0.717, 1.165) is 44.0 Å². The third kappa shape index (κ3) is 7.15. The summed E-state index contributed by atoms with van der Waals surface area (Å²) in [6.07, 6.45) is 0. The molecule has 2 aromatic rings. The lowest BCUT2D eigenvalue weighted by Gasteiger charge is -2.32. The van der Waals surface area contributed by atoms with Crippen molar-refractivity contribution in [1.82, 2.24) is 15.1 Å². The van der Waals surface area contributed by atoms with Crippen molar-refractivity contribution in [2.24, 2.45) is 5.92 Å². The number of carbonyl (C=O) groups is 1. The molecular formula is C25H35N3OS. The van der Waals surface area contributed by atoms with E-state index >= 15 is 0 Å². The van der Waals surface area contributed by atoms with Crippen LogP contribution in [-0.2, 0) is 23.6 Å². The zero-order valence-corrected chi connectivity index (χ0v) is 19.3. The maximum absolute atomic E-state index is 12.8. The Morgan fingerprint density at radius 1 is 0.933 bits per heavy atom. The number of hydrogen-bond donors (Lipinski definition) is 1. The Hall–Kier alpha value is -1.82. The van der Waals surface area contributed by atoms with E-state index in [1.165, 1.54) is 11.1 Å². The topological polar surface area (TPSA) is 35.6 Å². The first kappa shape index (κ1) is 22.9. The van der Waals surface area contributed by atoms with Crippen LogP contribution in [0.1, 0.15) is 30.5 Å². The Labute approximate surface area is 186 Å². The highest BCUT2D eigenvalue weighted by Crippen LogP contribution is 2.24. The van der Waals surface area contributed by atoms with Gasteiger partial charge < -0.3 is 10.2 Å². The molecule has 0 saturated carbocycles. The maximum Gasteiger partial charge on any atom is 0.233 e. The standard InChI is InChI=1S/C25H35N3OS/c1-20(2)24(30-19-23-7-5-4-6-8-23)25(29)26-17-21-9-11-22(12-10-21)18-28-15-13-27(3)14-16-28/h4-12,20,24H,13-19H2,1-3H3,(H,26,29). The van der Waals surface area contributed by atoms with Gasteiger partial charge in [0.15, 0.2) is 0 Å². The lowest BCUT2D eigenvalue weighted by atomic mass is 10.1. The molecule has 2 aromatic carbocycles. The van der Waals surface area contributed by atoms with Crippen molar-refractivity contribution >= 4 is 17.7 Å². The molecule has 0 aliphatic carbocycles. The second-order valence-electron chi connectivity index (χ2n) is 8.57. The Morgan fingerprint density at radius 3 is 2.20 bits per heavy atom. The van der Waals surface area contributed by atoms with Crippen LogP contribution in [0.3, 0.4) is 0 Å². The Bertz CT molecular complexity index is 771. The molecule has 1 fully saturated rings. The summed E-state index contributed by atoms with van der Waals surface area (Å²) in [5, 5.41) is 3.11. The third-order valence-corrected chi connectivity index (χ3v) is 7.25. The summed E-state index contributed by atoms with van der Waals surface area (Å²) in [5.41, 5.74) is 3.76. The van der Waals surface area contributed by atoms with Gasteiger partial charge in [-0.1, -0.05) is 68.4 Å². The molecule has 1 heterocycles. The van der Waals surface area contributed by atoms with Gasteiger partial charge in [-0.15, -0.1) is 11.8 Å². The van der Waals surface area contributed by atoms with Gasteiger partial charge >= 0.3 is 0 Å². The molecule has 0 spiro atoms. The number of rotatable bonds is 9. The second-order valence-corrected chi connectivity index (χ2v) is 9.70. The van der Waals surface area contributed by atoms with Crippen LogP contribution in [0.4, 0.5) is 0 Å². The molecule has 1 saturated heterocycles. The zero-order valence-electron chi connectivity index (χ0n) is 18.5. The summed E-state index contributed by atoms with van der Waals surface area (Å²) in [4.78, 5) is 17.7. The quantitative estimate of drug-likeness (QED) is 0.659. The lowest BCUT2D eigenvalue weighted by Crippen LogP contribution is -2.43. The average Bonchev–Trinajstić information content (AvgIpc) is 2.75. The van der Waals surface area contributed by atoms with Crippen molar-refractivity contribution in [2.45, 2.75) is 37.9 Å². The van der Waals surface area contributed by atoms with Gasteiger partial charge in [0.25, 0.3) is 0 Å². The van der Waals surface area contributed by atoms with E-state index in [0.29, 0.717) is 12.5 Å². The predicted octanol–water partition coefficient (Wildman–Crippen LogP) is 4.01. The molecular weight excluding hydrogens is 390 g/mol. The van der Waals surface area contributed by atoms with E-state index < -0.39 is 0 Å². The summed E-state index contributed by atoms with van der Waals surface area (Å²) < 4.78 is 0. The minimum Gasteiger partial charge on any atom is -0.351 e. The SMILES string of the molecule is CC(C)C(SCc1ccccc1)C(=O)NCc1ccc(CN2CCN(C)CC2)cc1. The van der Waals surface area contributed by atoms with Crippen LogP contribution in [-0.4, -0.2) is 54.2 Å². The van der Waals surface area contributed by atoms with Crippen molar-refractivity contribution in [2.75, 3.05) is 33.2 Å². The molecule has 30 heavy (non-hydrogen) atoms. The number of thioether (sulfide) groups is 1. The van der Waals surface area contributed by atoms with Crippen molar-refractivity contribution < 1.29 is 4.79 Å². The Kier molecular flexibility index (Phi) is 8.79. The molecule has 162 valence electrons. The summed E-state index contributed by atoms with van der Waals surface area (Å²) in [5.74, 6) is 1.29. The second kappa shape index (κ2) is 11.5. The highest BCUT2D eigenvalue weighted by atomic mass is 32.2. The lowest BCUT2D eigenvalue weighted by molar-refractivity contribution is -0.121. The minimum absolute atomic E-state index is 0.0401. The number of likely N-dealkylation sites (N-methyl/N-ethyl adjacent to an activating group) is 1. The normalized spacial score (nSPS) is 16.5. The van der Waals surface area contributed by atoms with Crippen LogP contribution in [0.25, 0.3) is 0 Å². The van der Waals surface area contributed by atoms with Gasteiger partial charge in [-0.25, -0.2) is 0 Å². The van der Waals surface area contributed by atoms with Gasteiger partial charge in [0, 0.05) is 45.0 Å². The van der Waals surface area contributed by atoms with Crippen LogP contribution in [0.2, 0.25) is 0 Å². The molecule has 4 nitrogen and oxygen atoms in total. The Balaban J connectivity index is 1.46. The van der Waals surface area contributed by atoms with Gasteiger partial charge in [-0.3, -0.25) is 9.69 Å². The van der Waals surface area contributed by atoms with E-state index in [1.54, 1.807) is 11.8 Å². The van der Waals surface area contributed by atoms with Crippen molar-refractivity contribution in [1.29, 1.82) is 0 Å². The zero-order chi connectivity index (χ0) is 21.3. The van der Waals surface area contributed by atoms with Gasteiger partial charge in [-0.05, 0) is 29.7 Å².